The summed E-state index contributed by atoms with van der Waals surface area (Å²) < 4.78 is 30.6. The van der Waals surface area contributed by atoms with Crippen LogP contribution in [0.1, 0.15) is 8.55 Å². The molecule has 0 aliphatic rings. The van der Waals surface area contributed by atoms with Crippen LogP contribution in [0.4, 0.5) is 11.4 Å². The van der Waals surface area contributed by atoms with Crippen molar-refractivity contribution in [1.29, 1.82) is 0 Å². The Morgan fingerprint density at radius 3 is 2.41 bits per heavy atom. The van der Waals surface area contributed by atoms with Gasteiger partial charge in [0.1, 0.15) is 4.90 Å². The maximum absolute atomic E-state index is 13.3. The van der Waals surface area contributed by atoms with Crippen molar-refractivity contribution < 1.29 is 16.2 Å². The third-order valence-electron chi connectivity index (χ3n) is 4.69. The molecule has 3 aromatic carbocycles. The Bertz CT molecular complexity index is 1430. The van der Waals surface area contributed by atoms with E-state index in [0.29, 0.717) is 11.4 Å². The van der Waals surface area contributed by atoms with Gasteiger partial charge in [0.2, 0.25) is 0 Å². The fourth-order valence-corrected chi connectivity index (χ4v) is 4.77. The molecule has 0 aliphatic heterocycles. The summed E-state index contributed by atoms with van der Waals surface area (Å²) in [5.74, 6) is 0. The van der Waals surface area contributed by atoms with Crippen molar-refractivity contribution in [3.63, 3.8) is 0 Å². The largest absolute Gasteiger partial charge is 0.278 e. The van der Waals surface area contributed by atoms with Gasteiger partial charge in [0.15, 0.2) is 0 Å². The number of sulfonamides is 1. The molecule has 0 bridgehead atoms. The van der Waals surface area contributed by atoms with E-state index < -0.39 is 14.9 Å². The molecule has 4 aromatic rings. The number of nitro groups is 1. The van der Waals surface area contributed by atoms with Crippen LogP contribution in [-0.4, -0.2) is 23.1 Å². The number of rotatable bonds is 6. The molecule has 0 atom stereocenters. The summed E-state index contributed by atoms with van der Waals surface area (Å²) in [4.78, 5) is 10.4. The van der Waals surface area contributed by atoms with Crippen LogP contribution in [0.2, 0.25) is 5.02 Å². The van der Waals surface area contributed by atoms with Crippen molar-refractivity contribution in [3.05, 3.63) is 99.7 Å². The number of hydrogen-bond acceptors (Lipinski definition) is 5. The smallest absolute Gasteiger partial charge is 0.270 e. The van der Waals surface area contributed by atoms with Crippen LogP contribution < -0.4 is 4.72 Å². The van der Waals surface area contributed by atoms with Crippen molar-refractivity contribution in [2.24, 2.45) is 0 Å². The second-order valence-electron chi connectivity index (χ2n) is 6.94. The van der Waals surface area contributed by atoms with E-state index in [2.05, 4.69) is 9.82 Å². The summed E-state index contributed by atoms with van der Waals surface area (Å²) >= 11 is 6.11. The monoisotopic (exact) mass is 472 g/mol. The van der Waals surface area contributed by atoms with E-state index in [0.717, 1.165) is 11.6 Å². The lowest BCUT2D eigenvalue weighted by Crippen LogP contribution is -2.17. The van der Waals surface area contributed by atoms with Crippen LogP contribution in [0.15, 0.2) is 83.8 Å². The summed E-state index contributed by atoms with van der Waals surface area (Å²) in [6.07, 6.45) is 0. The molecule has 8 nitrogen and oxygen atoms in total. The fraction of sp³-hybridized carbons (Fsp3) is 0.0455. The molecule has 1 aromatic heterocycles. The lowest BCUT2D eigenvalue weighted by molar-refractivity contribution is -0.385. The first-order chi connectivity index (χ1) is 15.3. The first-order valence-corrected chi connectivity index (χ1v) is 11.3. The highest BCUT2D eigenvalue weighted by Gasteiger charge is 2.26. The summed E-state index contributed by atoms with van der Waals surface area (Å²) in [5.41, 5.74) is 2.08. The maximum Gasteiger partial charge on any atom is 0.270 e. The van der Waals surface area contributed by atoms with E-state index in [1.807, 2.05) is 36.4 Å². The summed E-state index contributed by atoms with van der Waals surface area (Å²) in [6.45, 7) is 1.78. The molecule has 0 amide bonds. The Balaban J connectivity index is 0.00000204. The molecule has 0 unspecified atom stereocenters. The number of nitrogens with one attached hydrogen (secondary N) is 1. The summed E-state index contributed by atoms with van der Waals surface area (Å²) in [7, 11) is -4.26. The van der Waals surface area contributed by atoms with Gasteiger partial charge in [0.25, 0.3) is 15.7 Å². The van der Waals surface area contributed by atoms with Gasteiger partial charge in [0, 0.05) is 20.5 Å². The average molecular weight is 473 g/mol. The van der Waals surface area contributed by atoms with Gasteiger partial charge in [-0.2, -0.15) is 5.10 Å². The van der Waals surface area contributed by atoms with Crippen LogP contribution in [0, 0.1) is 17.0 Å². The molecule has 0 radical (unpaired) electrons. The first-order valence-electron chi connectivity index (χ1n) is 9.44. The lowest BCUT2D eigenvalue weighted by Gasteiger charge is -2.15. The third-order valence-corrected chi connectivity index (χ3v) is 6.42. The lowest BCUT2D eigenvalue weighted by atomic mass is 10.1. The molecule has 0 spiro atoms. The topological polar surface area (TPSA) is 107 Å². The predicted octanol–water partition coefficient (Wildman–Crippen LogP) is 5.70. The number of nitrogens with zero attached hydrogens (tertiary/aromatic N) is 3. The van der Waals surface area contributed by atoms with Gasteiger partial charge >= 0.3 is 0 Å². The molecule has 0 saturated carbocycles. The summed E-state index contributed by atoms with van der Waals surface area (Å²) in [5, 5.41) is 16.0. The summed E-state index contributed by atoms with van der Waals surface area (Å²) in [6, 6.07) is 21.1. The van der Waals surface area contributed by atoms with Crippen molar-refractivity contribution >= 4 is 33.0 Å². The molecular formula is C22H21ClN4O4S. The Hall–Kier alpha value is -3.69. The van der Waals surface area contributed by atoms with E-state index in [1.54, 1.807) is 19.1 Å². The predicted molar refractivity (Wildman–Crippen MR) is 127 cm³/mol. The molecule has 1 N–H and O–H groups in total. The van der Waals surface area contributed by atoms with Gasteiger partial charge in [-0.05, 0) is 31.2 Å². The second kappa shape index (κ2) is 8.45. The molecule has 0 saturated heterocycles. The molecule has 10 heteroatoms. The van der Waals surface area contributed by atoms with Crippen LogP contribution in [-0.2, 0) is 10.0 Å². The number of halogens is 1. The Morgan fingerprint density at radius 1 is 1.03 bits per heavy atom. The van der Waals surface area contributed by atoms with Crippen LogP contribution in [0.3, 0.4) is 0 Å². The minimum atomic E-state index is -4.26. The number of nitro benzene ring substituents is 1. The van der Waals surface area contributed by atoms with E-state index in [-0.39, 0.29) is 29.8 Å². The zero-order valence-electron chi connectivity index (χ0n) is 16.8. The van der Waals surface area contributed by atoms with Crippen molar-refractivity contribution in [3.8, 4) is 16.9 Å². The number of para-hydroxylation sites is 1. The molecule has 0 aliphatic carbocycles. The maximum atomic E-state index is 13.3. The Labute approximate surface area is 192 Å². The SMILES string of the molecule is Cc1cc(-c2ccccc2)n(-c2ccc([N+](=O)[O-])cc2S(=O)(=O)Nc2ccccc2Cl)n1.[HH].[HH]. The van der Waals surface area contributed by atoms with Gasteiger partial charge in [-0.3, -0.25) is 14.8 Å². The van der Waals surface area contributed by atoms with E-state index in [4.69, 9.17) is 11.6 Å². The quantitative estimate of drug-likeness (QED) is 0.286. The molecule has 4 rings (SSSR count). The Kier molecular flexibility index (Phi) is 5.68. The molecule has 32 heavy (non-hydrogen) atoms. The van der Waals surface area contributed by atoms with Crippen LogP contribution in [0.25, 0.3) is 16.9 Å². The van der Waals surface area contributed by atoms with Crippen molar-refractivity contribution in [1.82, 2.24) is 9.78 Å². The Morgan fingerprint density at radius 2 is 1.72 bits per heavy atom. The normalized spacial score (nSPS) is 11.3. The second-order valence-corrected chi connectivity index (χ2v) is 9.00. The minimum absolute atomic E-state index is 0. The number of hydrogen-bond donors (Lipinski definition) is 1. The van der Waals surface area contributed by atoms with Gasteiger partial charge in [-0.1, -0.05) is 54.1 Å². The van der Waals surface area contributed by atoms with E-state index in [1.165, 1.54) is 28.9 Å². The molecular weight excluding hydrogens is 452 g/mol. The van der Waals surface area contributed by atoms with Crippen molar-refractivity contribution in [2.75, 3.05) is 4.72 Å². The minimum Gasteiger partial charge on any atom is -0.278 e. The molecule has 0 fully saturated rings. The number of anilines is 1. The van der Waals surface area contributed by atoms with E-state index in [9.17, 15) is 18.5 Å². The molecule has 166 valence electrons. The number of aryl methyl sites for hydroxylation is 1. The van der Waals surface area contributed by atoms with Gasteiger partial charge < -0.3 is 0 Å². The number of non-ortho nitro benzene ring substituents is 1. The van der Waals surface area contributed by atoms with E-state index >= 15 is 0 Å². The van der Waals surface area contributed by atoms with Crippen molar-refractivity contribution in [2.45, 2.75) is 11.8 Å². The van der Waals surface area contributed by atoms with Gasteiger partial charge in [0.05, 0.1) is 32.7 Å². The average Bonchev–Trinajstić information content (AvgIpc) is 3.17. The van der Waals surface area contributed by atoms with Gasteiger partial charge in [-0.15, -0.1) is 0 Å². The molecule has 1 heterocycles. The zero-order chi connectivity index (χ0) is 22.9. The van der Waals surface area contributed by atoms with Crippen LogP contribution in [0.5, 0.6) is 0 Å². The number of benzene rings is 3. The first kappa shape index (κ1) is 21.5. The highest BCUT2D eigenvalue weighted by molar-refractivity contribution is 7.92. The zero-order valence-corrected chi connectivity index (χ0v) is 18.3. The van der Waals surface area contributed by atoms with Crippen LogP contribution >= 0.6 is 11.6 Å². The highest BCUT2D eigenvalue weighted by atomic mass is 35.5. The van der Waals surface area contributed by atoms with Gasteiger partial charge in [-0.25, -0.2) is 13.1 Å². The standard InChI is InChI=1S/C22H17ClN4O4S.2H2/c1-15-13-21(16-7-3-2-4-8-16)26(24-15)20-12-11-17(27(28)29)14-22(20)32(30,31)25-19-10-6-5-9-18(19)23;;/h2-14,25H,1H3;2*1H. The fourth-order valence-electron chi connectivity index (χ4n) is 3.25. The third kappa shape index (κ3) is 4.20. The number of aromatic nitrogens is 2. The highest BCUT2D eigenvalue weighted by Crippen LogP contribution is 2.32.